The van der Waals surface area contributed by atoms with Gasteiger partial charge in [0.25, 0.3) is 5.91 Å². The molecule has 1 aliphatic heterocycles. The van der Waals surface area contributed by atoms with Crippen molar-refractivity contribution in [3.05, 3.63) is 34.9 Å². The first-order valence-electron chi connectivity index (χ1n) is 6.19. The van der Waals surface area contributed by atoms with E-state index in [1.54, 1.807) is 12.1 Å². The molecular formula is C14H17NO4. The number of benzene rings is 1. The van der Waals surface area contributed by atoms with Crippen LogP contribution in [0.2, 0.25) is 0 Å². The summed E-state index contributed by atoms with van der Waals surface area (Å²) in [6.45, 7) is 3.92. The molecule has 19 heavy (non-hydrogen) atoms. The summed E-state index contributed by atoms with van der Waals surface area (Å²) in [4.78, 5) is 24.7. The van der Waals surface area contributed by atoms with E-state index < -0.39 is 18.1 Å². The molecule has 0 aliphatic carbocycles. The van der Waals surface area contributed by atoms with Crippen LogP contribution in [0.1, 0.15) is 27.9 Å². The summed E-state index contributed by atoms with van der Waals surface area (Å²) in [5.41, 5.74) is 2.52. The largest absolute Gasteiger partial charge is 0.480 e. The molecule has 1 amide bonds. The molecule has 0 radical (unpaired) electrons. The number of amides is 1. The Morgan fingerprint density at radius 2 is 1.95 bits per heavy atom. The number of carboxylic acid groups (broad SMARTS) is 1. The van der Waals surface area contributed by atoms with E-state index in [0.29, 0.717) is 5.56 Å². The van der Waals surface area contributed by atoms with E-state index in [9.17, 15) is 14.7 Å². The molecule has 5 heteroatoms. The van der Waals surface area contributed by atoms with Gasteiger partial charge in [0.05, 0.1) is 6.10 Å². The number of nitrogens with zero attached hydrogens (tertiary/aromatic N) is 1. The van der Waals surface area contributed by atoms with Crippen molar-refractivity contribution in [3.63, 3.8) is 0 Å². The summed E-state index contributed by atoms with van der Waals surface area (Å²) < 4.78 is 0. The molecule has 1 aromatic rings. The number of aliphatic carboxylic acids is 1. The molecule has 2 atom stereocenters. The third-order valence-electron chi connectivity index (χ3n) is 3.58. The van der Waals surface area contributed by atoms with Crippen molar-refractivity contribution in [1.29, 1.82) is 0 Å². The van der Waals surface area contributed by atoms with Crippen molar-refractivity contribution < 1.29 is 19.8 Å². The number of carboxylic acids is 1. The van der Waals surface area contributed by atoms with E-state index >= 15 is 0 Å². The number of likely N-dealkylation sites (tertiary alicyclic amines) is 1. The Kier molecular flexibility index (Phi) is 3.57. The zero-order chi connectivity index (χ0) is 14.2. The van der Waals surface area contributed by atoms with Crippen LogP contribution in [0.5, 0.6) is 0 Å². The standard InChI is InChI=1S/C14H17NO4/c1-8-3-4-10(5-9(8)2)13(17)15-7-11(16)6-12(15)14(18)19/h3-5,11-12,16H,6-7H2,1-2H3,(H,18,19). The number of aliphatic hydroxyl groups excluding tert-OH is 1. The predicted octanol–water partition coefficient (Wildman–Crippen LogP) is 0.963. The van der Waals surface area contributed by atoms with Gasteiger partial charge in [-0.05, 0) is 37.1 Å². The van der Waals surface area contributed by atoms with Gasteiger partial charge in [0, 0.05) is 18.5 Å². The van der Waals surface area contributed by atoms with E-state index in [0.717, 1.165) is 11.1 Å². The molecule has 2 rings (SSSR count). The van der Waals surface area contributed by atoms with Crippen molar-refractivity contribution in [3.8, 4) is 0 Å². The highest BCUT2D eigenvalue weighted by atomic mass is 16.4. The van der Waals surface area contributed by atoms with Crippen LogP contribution in [0.15, 0.2) is 18.2 Å². The number of β-amino-alcohol motifs (C(OH)–C–C–N with tert-alkyl or cyclic N) is 1. The number of rotatable bonds is 2. The van der Waals surface area contributed by atoms with Gasteiger partial charge in [-0.1, -0.05) is 6.07 Å². The quantitative estimate of drug-likeness (QED) is 0.833. The van der Waals surface area contributed by atoms with Crippen LogP contribution in [0.25, 0.3) is 0 Å². The van der Waals surface area contributed by atoms with Crippen molar-refractivity contribution in [2.45, 2.75) is 32.4 Å². The van der Waals surface area contributed by atoms with Crippen LogP contribution >= 0.6 is 0 Å². The molecule has 0 bridgehead atoms. The van der Waals surface area contributed by atoms with Crippen molar-refractivity contribution in [2.75, 3.05) is 6.54 Å². The second-order valence-electron chi connectivity index (χ2n) is 5.00. The van der Waals surface area contributed by atoms with Gasteiger partial charge in [0.15, 0.2) is 0 Å². The van der Waals surface area contributed by atoms with Gasteiger partial charge >= 0.3 is 5.97 Å². The lowest BCUT2D eigenvalue weighted by Gasteiger charge is -2.21. The smallest absolute Gasteiger partial charge is 0.326 e. The number of hydrogen-bond acceptors (Lipinski definition) is 3. The third kappa shape index (κ3) is 2.61. The SMILES string of the molecule is Cc1ccc(C(=O)N2CC(O)CC2C(=O)O)cc1C. The van der Waals surface area contributed by atoms with Gasteiger partial charge in [-0.15, -0.1) is 0 Å². The average Bonchev–Trinajstić information content (AvgIpc) is 2.74. The molecule has 1 heterocycles. The molecule has 2 N–H and O–H groups in total. The molecule has 5 nitrogen and oxygen atoms in total. The molecule has 0 aromatic heterocycles. The molecule has 0 spiro atoms. The topological polar surface area (TPSA) is 77.8 Å². The number of carbonyl (C=O) groups excluding carboxylic acids is 1. The molecular weight excluding hydrogens is 246 g/mol. The highest BCUT2D eigenvalue weighted by molar-refractivity contribution is 5.97. The maximum atomic E-state index is 12.3. The predicted molar refractivity (Wildman–Crippen MR) is 69.0 cm³/mol. The zero-order valence-corrected chi connectivity index (χ0v) is 11.0. The molecule has 102 valence electrons. The normalized spacial score (nSPS) is 22.6. The highest BCUT2D eigenvalue weighted by Crippen LogP contribution is 2.22. The third-order valence-corrected chi connectivity index (χ3v) is 3.58. The second-order valence-corrected chi connectivity index (χ2v) is 5.00. The van der Waals surface area contributed by atoms with Gasteiger partial charge in [-0.3, -0.25) is 4.79 Å². The minimum Gasteiger partial charge on any atom is -0.480 e. The molecule has 1 aromatic carbocycles. The second kappa shape index (κ2) is 5.01. The summed E-state index contributed by atoms with van der Waals surface area (Å²) in [6, 6.07) is 4.34. The molecule has 1 aliphatic rings. The summed E-state index contributed by atoms with van der Waals surface area (Å²) in [7, 11) is 0. The Balaban J connectivity index is 2.27. The fraction of sp³-hybridized carbons (Fsp3) is 0.429. The minimum atomic E-state index is -1.08. The lowest BCUT2D eigenvalue weighted by atomic mass is 10.1. The summed E-state index contributed by atoms with van der Waals surface area (Å²) in [5, 5.41) is 18.6. The van der Waals surface area contributed by atoms with E-state index in [2.05, 4.69) is 0 Å². The van der Waals surface area contributed by atoms with Crippen molar-refractivity contribution in [1.82, 2.24) is 4.90 Å². The van der Waals surface area contributed by atoms with E-state index in [4.69, 9.17) is 5.11 Å². The van der Waals surface area contributed by atoms with Gasteiger partial charge in [-0.25, -0.2) is 4.79 Å². The van der Waals surface area contributed by atoms with Gasteiger partial charge < -0.3 is 15.1 Å². The van der Waals surface area contributed by atoms with Crippen LogP contribution < -0.4 is 0 Å². The Labute approximate surface area is 111 Å². The zero-order valence-electron chi connectivity index (χ0n) is 11.0. The number of hydrogen-bond donors (Lipinski definition) is 2. The van der Waals surface area contributed by atoms with Crippen LogP contribution in [-0.4, -0.2) is 45.7 Å². The highest BCUT2D eigenvalue weighted by Gasteiger charge is 2.39. The Bertz CT molecular complexity index is 526. The fourth-order valence-corrected chi connectivity index (χ4v) is 2.31. The first-order chi connectivity index (χ1) is 8.90. The van der Waals surface area contributed by atoms with E-state index in [1.807, 2.05) is 19.9 Å². The maximum Gasteiger partial charge on any atom is 0.326 e. The monoisotopic (exact) mass is 263 g/mol. The fourth-order valence-electron chi connectivity index (χ4n) is 2.31. The average molecular weight is 263 g/mol. The number of carbonyl (C=O) groups is 2. The maximum absolute atomic E-state index is 12.3. The lowest BCUT2D eigenvalue weighted by Crippen LogP contribution is -2.40. The Morgan fingerprint density at radius 1 is 1.26 bits per heavy atom. The van der Waals surface area contributed by atoms with Crippen LogP contribution in [-0.2, 0) is 4.79 Å². The Hall–Kier alpha value is -1.88. The number of aliphatic hydroxyl groups is 1. The van der Waals surface area contributed by atoms with Crippen LogP contribution in [0.3, 0.4) is 0 Å². The molecule has 2 unspecified atom stereocenters. The van der Waals surface area contributed by atoms with Crippen LogP contribution in [0.4, 0.5) is 0 Å². The van der Waals surface area contributed by atoms with Crippen molar-refractivity contribution in [2.24, 2.45) is 0 Å². The van der Waals surface area contributed by atoms with E-state index in [-0.39, 0.29) is 18.9 Å². The first-order valence-corrected chi connectivity index (χ1v) is 6.19. The van der Waals surface area contributed by atoms with Gasteiger partial charge in [-0.2, -0.15) is 0 Å². The summed E-state index contributed by atoms with van der Waals surface area (Å²) in [6.07, 6.45) is -0.678. The van der Waals surface area contributed by atoms with E-state index in [1.165, 1.54) is 4.90 Å². The van der Waals surface area contributed by atoms with Crippen LogP contribution in [0, 0.1) is 13.8 Å². The van der Waals surface area contributed by atoms with Gasteiger partial charge in [0.1, 0.15) is 6.04 Å². The molecule has 1 saturated heterocycles. The summed E-state index contributed by atoms with van der Waals surface area (Å²) >= 11 is 0. The van der Waals surface area contributed by atoms with Crippen molar-refractivity contribution >= 4 is 11.9 Å². The van der Waals surface area contributed by atoms with Gasteiger partial charge in [0.2, 0.25) is 0 Å². The first kappa shape index (κ1) is 13.5. The molecule has 0 saturated carbocycles. The minimum absolute atomic E-state index is 0.0721. The number of aryl methyl sites for hydroxylation is 2. The molecule has 1 fully saturated rings. The Morgan fingerprint density at radius 3 is 2.53 bits per heavy atom. The lowest BCUT2D eigenvalue weighted by molar-refractivity contribution is -0.141. The summed E-state index contributed by atoms with van der Waals surface area (Å²) in [5.74, 6) is -1.42.